The van der Waals surface area contributed by atoms with E-state index in [-0.39, 0.29) is 5.57 Å². The zero-order valence-electron chi connectivity index (χ0n) is 8.16. The number of hydrogen-bond acceptors (Lipinski definition) is 1. The maximum atomic E-state index is 12.7. The summed E-state index contributed by atoms with van der Waals surface area (Å²) in [4.78, 5) is 10.5. The molecule has 0 saturated heterocycles. The van der Waals surface area contributed by atoms with Crippen molar-refractivity contribution in [3.63, 3.8) is 0 Å². The molecule has 0 fully saturated rings. The number of amides is 1. The van der Waals surface area contributed by atoms with Crippen molar-refractivity contribution in [3.05, 3.63) is 12.2 Å². The predicted octanol–water partition coefficient (Wildman–Crippen LogP) is 2.57. The number of rotatable bonds is 3. The number of halogens is 5. The summed E-state index contributed by atoms with van der Waals surface area (Å²) in [5.74, 6) is -1.42. The first-order chi connectivity index (χ1) is 6.55. The molecule has 15 heavy (non-hydrogen) atoms. The van der Waals surface area contributed by atoms with Gasteiger partial charge < -0.3 is 0 Å². The van der Waals surface area contributed by atoms with Crippen LogP contribution in [0.1, 0.15) is 13.8 Å². The standard InChI is InChI=1S/C8H10F5NO/c1-4-14(6(15)5(2)3)8(12,13)7(9,10)11/h2,4H2,1,3H3. The monoisotopic (exact) mass is 231 g/mol. The highest BCUT2D eigenvalue weighted by Gasteiger charge is 2.62. The molecule has 0 aliphatic rings. The van der Waals surface area contributed by atoms with Crippen molar-refractivity contribution >= 4 is 5.91 Å². The Balaban J connectivity index is 5.14. The fourth-order valence-corrected chi connectivity index (χ4v) is 0.853. The zero-order chi connectivity index (χ0) is 12.4. The Bertz CT molecular complexity index is 271. The summed E-state index contributed by atoms with van der Waals surface area (Å²) in [5, 5.41) is 0. The van der Waals surface area contributed by atoms with Crippen LogP contribution in [0.4, 0.5) is 22.0 Å². The molecule has 88 valence electrons. The molecular weight excluding hydrogens is 221 g/mol. The van der Waals surface area contributed by atoms with Crippen molar-refractivity contribution in [2.45, 2.75) is 26.1 Å². The van der Waals surface area contributed by atoms with Crippen LogP contribution in [0.2, 0.25) is 0 Å². The second kappa shape index (κ2) is 4.16. The molecule has 0 aromatic heterocycles. The second-order valence-corrected chi connectivity index (χ2v) is 2.87. The van der Waals surface area contributed by atoms with E-state index in [0.717, 1.165) is 13.8 Å². The molecule has 0 aromatic rings. The molecule has 0 N–H and O–H groups in total. The summed E-state index contributed by atoms with van der Waals surface area (Å²) in [6, 6.07) is -5.17. The Kier molecular flexibility index (Phi) is 3.84. The van der Waals surface area contributed by atoms with Crippen LogP contribution < -0.4 is 0 Å². The first-order valence-corrected chi connectivity index (χ1v) is 3.97. The quantitative estimate of drug-likeness (QED) is 0.415. The lowest BCUT2D eigenvalue weighted by atomic mass is 10.2. The summed E-state index contributed by atoms with van der Waals surface area (Å²) in [6.45, 7) is 4.37. The largest absolute Gasteiger partial charge is 0.475 e. The lowest BCUT2D eigenvalue weighted by Gasteiger charge is -2.31. The number of likely N-dealkylation sites (N-methyl/N-ethyl adjacent to an activating group) is 1. The van der Waals surface area contributed by atoms with Crippen LogP contribution >= 0.6 is 0 Å². The maximum Gasteiger partial charge on any atom is 0.475 e. The molecular formula is C8H10F5NO. The maximum absolute atomic E-state index is 12.7. The summed E-state index contributed by atoms with van der Waals surface area (Å²) in [5.41, 5.74) is -0.374. The number of hydrogen-bond donors (Lipinski definition) is 0. The average molecular weight is 231 g/mol. The van der Waals surface area contributed by atoms with E-state index in [1.54, 1.807) is 0 Å². The summed E-state index contributed by atoms with van der Waals surface area (Å²) >= 11 is 0. The number of carbonyl (C=O) groups excluding carboxylic acids is 1. The second-order valence-electron chi connectivity index (χ2n) is 2.87. The molecule has 0 heterocycles. The molecule has 0 aliphatic heterocycles. The van der Waals surface area contributed by atoms with Crippen LogP contribution in [-0.4, -0.2) is 29.6 Å². The minimum absolute atomic E-state index is 0.374. The van der Waals surface area contributed by atoms with Gasteiger partial charge in [-0.3, -0.25) is 9.69 Å². The smallest absolute Gasteiger partial charge is 0.272 e. The van der Waals surface area contributed by atoms with Crippen LogP contribution in [0, 0.1) is 0 Å². The molecule has 0 atom stereocenters. The van der Waals surface area contributed by atoms with E-state index in [2.05, 4.69) is 6.58 Å². The zero-order valence-corrected chi connectivity index (χ0v) is 8.16. The van der Waals surface area contributed by atoms with Crippen molar-refractivity contribution < 1.29 is 26.7 Å². The van der Waals surface area contributed by atoms with E-state index in [0.29, 0.717) is 0 Å². The van der Waals surface area contributed by atoms with E-state index in [1.165, 1.54) is 0 Å². The van der Waals surface area contributed by atoms with Gasteiger partial charge in [-0.1, -0.05) is 6.58 Å². The third-order valence-electron chi connectivity index (χ3n) is 1.61. The highest BCUT2D eigenvalue weighted by atomic mass is 19.4. The molecule has 0 unspecified atom stereocenters. The molecule has 0 radical (unpaired) electrons. The fraction of sp³-hybridized carbons (Fsp3) is 0.625. The Morgan fingerprint density at radius 3 is 1.87 bits per heavy atom. The van der Waals surface area contributed by atoms with E-state index in [4.69, 9.17) is 0 Å². The van der Waals surface area contributed by atoms with E-state index >= 15 is 0 Å². The highest BCUT2D eigenvalue weighted by molar-refractivity contribution is 5.92. The van der Waals surface area contributed by atoms with Crippen LogP contribution in [0.25, 0.3) is 0 Å². The van der Waals surface area contributed by atoms with Crippen LogP contribution in [0.15, 0.2) is 12.2 Å². The minimum Gasteiger partial charge on any atom is -0.272 e. The Morgan fingerprint density at radius 2 is 1.67 bits per heavy atom. The van der Waals surface area contributed by atoms with Gasteiger partial charge in [-0.05, 0) is 13.8 Å². The fourth-order valence-electron chi connectivity index (χ4n) is 0.853. The molecule has 7 heteroatoms. The van der Waals surface area contributed by atoms with Crippen LogP contribution in [-0.2, 0) is 4.79 Å². The predicted molar refractivity (Wildman–Crippen MR) is 43.2 cm³/mol. The number of alkyl halides is 5. The van der Waals surface area contributed by atoms with Gasteiger partial charge in [0.1, 0.15) is 0 Å². The molecule has 0 saturated carbocycles. The normalized spacial score (nSPS) is 12.5. The first-order valence-electron chi connectivity index (χ1n) is 3.97. The summed E-state index contributed by atoms with van der Waals surface area (Å²) in [7, 11) is 0. The lowest BCUT2D eigenvalue weighted by molar-refractivity contribution is -0.332. The van der Waals surface area contributed by atoms with Gasteiger partial charge in [0.25, 0.3) is 5.91 Å². The van der Waals surface area contributed by atoms with Gasteiger partial charge in [0.15, 0.2) is 0 Å². The highest BCUT2D eigenvalue weighted by Crippen LogP contribution is 2.38. The summed E-state index contributed by atoms with van der Waals surface area (Å²) < 4.78 is 61.3. The van der Waals surface area contributed by atoms with Gasteiger partial charge in [-0.25, -0.2) is 0 Å². The molecule has 0 rings (SSSR count). The number of nitrogens with zero attached hydrogens (tertiary/aromatic N) is 1. The van der Waals surface area contributed by atoms with Gasteiger partial charge in [-0.15, -0.1) is 0 Å². The SMILES string of the molecule is C=C(C)C(=O)N(CC)C(F)(F)C(F)(F)F. The van der Waals surface area contributed by atoms with Gasteiger partial charge in [0.2, 0.25) is 0 Å². The third kappa shape index (κ3) is 2.66. The first kappa shape index (κ1) is 13.9. The van der Waals surface area contributed by atoms with E-state index in [9.17, 15) is 26.7 Å². The minimum atomic E-state index is -5.78. The van der Waals surface area contributed by atoms with Crippen molar-refractivity contribution in [3.8, 4) is 0 Å². The van der Waals surface area contributed by atoms with Gasteiger partial charge in [-0.2, -0.15) is 22.0 Å². The van der Waals surface area contributed by atoms with Crippen molar-refractivity contribution in [2.75, 3.05) is 6.54 Å². The molecule has 0 aromatic carbocycles. The van der Waals surface area contributed by atoms with E-state index in [1.807, 2.05) is 0 Å². The molecule has 0 spiro atoms. The third-order valence-corrected chi connectivity index (χ3v) is 1.61. The van der Waals surface area contributed by atoms with E-state index < -0.39 is 29.6 Å². The van der Waals surface area contributed by atoms with Gasteiger partial charge in [0, 0.05) is 12.1 Å². The Hall–Kier alpha value is -1.14. The Labute approximate surface area is 83.4 Å². The van der Waals surface area contributed by atoms with Gasteiger partial charge in [0.05, 0.1) is 0 Å². The van der Waals surface area contributed by atoms with Crippen LogP contribution in [0.5, 0.6) is 0 Å². The van der Waals surface area contributed by atoms with Crippen LogP contribution in [0.3, 0.4) is 0 Å². The molecule has 2 nitrogen and oxygen atoms in total. The Morgan fingerprint density at radius 1 is 1.27 bits per heavy atom. The van der Waals surface area contributed by atoms with Crippen molar-refractivity contribution in [1.82, 2.24) is 4.90 Å². The van der Waals surface area contributed by atoms with Crippen molar-refractivity contribution in [2.24, 2.45) is 0 Å². The molecule has 0 aliphatic carbocycles. The number of carbonyl (C=O) groups is 1. The summed E-state index contributed by atoms with van der Waals surface area (Å²) in [6.07, 6.45) is -5.78. The lowest BCUT2D eigenvalue weighted by Crippen LogP contribution is -2.54. The average Bonchev–Trinajstić information content (AvgIpc) is 2.02. The van der Waals surface area contributed by atoms with Gasteiger partial charge >= 0.3 is 12.2 Å². The van der Waals surface area contributed by atoms with Crippen molar-refractivity contribution in [1.29, 1.82) is 0 Å². The molecule has 0 bridgehead atoms. The molecule has 1 amide bonds. The topological polar surface area (TPSA) is 20.3 Å².